The van der Waals surface area contributed by atoms with E-state index in [0.717, 1.165) is 16.3 Å². The SMILES string of the molecule is O=C(O)c1cc(-c2ccc(-c3cccc4ccccc34)o2)nc2ccc(Cl)cc12. The molecule has 0 saturated heterocycles. The van der Waals surface area contributed by atoms with Crippen LogP contribution in [0.1, 0.15) is 10.4 Å². The van der Waals surface area contributed by atoms with Gasteiger partial charge in [-0.3, -0.25) is 0 Å². The minimum atomic E-state index is -1.04. The van der Waals surface area contributed by atoms with Crippen LogP contribution in [0, 0.1) is 0 Å². The molecule has 3 aromatic carbocycles. The lowest BCUT2D eigenvalue weighted by molar-refractivity contribution is 0.0699. The second kappa shape index (κ2) is 6.76. The van der Waals surface area contributed by atoms with Gasteiger partial charge in [-0.05, 0) is 47.2 Å². The zero-order chi connectivity index (χ0) is 20.0. The van der Waals surface area contributed by atoms with Crippen molar-refractivity contribution < 1.29 is 14.3 Å². The second-order valence-corrected chi connectivity index (χ2v) is 7.15. The van der Waals surface area contributed by atoms with Crippen LogP contribution >= 0.6 is 11.6 Å². The van der Waals surface area contributed by atoms with E-state index in [1.807, 2.05) is 42.5 Å². The van der Waals surface area contributed by atoms with E-state index >= 15 is 0 Å². The third kappa shape index (κ3) is 3.04. The van der Waals surface area contributed by atoms with Gasteiger partial charge in [0, 0.05) is 16.0 Å². The summed E-state index contributed by atoms with van der Waals surface area (Å²) in [5.74, 6) is 0.167. The van der Waals surface area contributed by atoms with E-state index in [2.05, 4.69) is 17.1 Å². The highest BCUT2D eigenvalue weighted by Crippen LogP contribution is 2.34. The van der Waals surface area contributed by atoms with Crippen molar-refractivity contribution in [3.05, 3.63) is 89.4 Å². The van der Waals surface area contributed by atoms with E-state index in [-0.39, 0.29) is 5.56 Å². The number of aromatic carboxylic acids is 1. The molecule has 5 heteroatoms. The number of hydrogen-bond donors (Lipinski definition) is 1. The van der Waals surface area contributed by atoms with Crippen molar-refractivity contribution in [3.8, 4) is 22.8 Å². The molecule has 0 aliphatic heterocycles. The Kier molecular flexibility index (Phi) is 4.07. The predicted molar refractivity (Wildman–Crippen MR) is 114 cm³/mol. The van der Waals surface area contributed by atoms with Crippen LogP contribution < -0.4 is 0 Å². The van der Waals surface area contributed by atoms with Gasteiger partial charge in [-0.15, -0.1) is 0 Å². The van der Waals surface area contributed by atoms with Gasteiger partial charge in [-0.2, -0.15) is 0 Å². The summed E-state index contributed by atoms with van der Waals surface area (Å²) in [6, 6.07) is 24.4. The Balaban J connectivity index is 1.66. The molecule has 0 fully saturated rings. The van der Waals surface area contributed by atoms with Gasteiger partial charge in [0.2, 0.25) is 0 Å². The summed E-state index contributed by atoms with van der Waals surface area (Å²) in [7, 11) is 0. The van der Waals surface area contributed by atoms with Crippen molar-refractivity contribution in [2.24, 2.45) is 0 Å². The van der Waals surface area contributed by atoms with Gasteiger partial charge < -0.3 is 9.52 Å². The lowest BCUT2D eigenvalue weighted by Gasteiger charge is -2.06. The Hall–Kier alpha value is -3.63. The third-order valence-corrected chi connectivity index (χ3v) is 5.15. The maximum absolute atomic E-state index is 11.8. The molecule has 2 heterocycles. The van der Waals surface area contributed by atoms with Crippen molar-refractivity contribution in [1.29, 1.82) is 0 Å². The molecule has 0 saturated carbocycles. The summed E-state index contributed by atoms with van der Waals surface area (Å²) in [4.78, 5) is 16.4. The van der Waals surface area contributed by atoms with Crippen LogP contribution in [0.25, 0.3) is 44.5 Å². The summed E-state index contributed by atoms with van der Waals surface area (Å²) in [5, 5.41) is 12.8. The maximum Gasteiger partial charge on any atom is 0.336 e. The highest BCUT2D eigenvalue weighted by molar-refractivity contribution is 6.31. The highest BCUT2D eigenvalue weighted by Gasteiger charge is 2.16. The number of benzene rings is 3. The number of halogens is 1. The van der Waals surface area contributed by atoms with Gasteiger partial charge in [0.05, 0.1) is 11.1 Å². The molecule has 5 rings (SSSR count). The zero-order valence-electron chi connectivity index (χ0n) is 15.1. The minimum Gasteiger partial charge on any atom is -0.478 e. The lowest BCUT2D eigenvalue weighted by atomic mass is 10.0. The molecule has 0 aliphatic rings. The topological polar surface area (TPSA) is 63.3 Å². The lowest BCUT2D eigenvalue weighted by Crippen LogP contribution is -2.00. The average Bonchev–Trinajstić information content (AvgIpc) is 3.22. The van der Waals surface area contributed by atoms with Crippen LogP contribution in [0.3, 0.4) is 0 Å². The monoisotopic (exact) mass is 399 g/mol. The van der Waals surface area contributed by atoms with Crippen molar-refractivity contribution >= 4 is 39.2 Å². The van der Waals surface area contributed by atoms with Gasteiger partial charge in [0.15, 0.2) is 5.76 Å². The quantitative estimate of drug-likeness (QED) is 0.368. The molecule has 2 aromatic heterocycles. The van der Waals surface area contributed by atoms with E-state index in [0.29, 0.717) is 33.1 Å². The molecular formula is C24H14ClNO3. The molecule has 0 unspecified atom stereocenters. The van der Waals surface area contributed by atoms with Crippen LogP contribution in [0.4, 0.5) is 0 Å². The molecule has 0 spiro atoms. The molecule has 0 bridgehead atoms. The van der Waals surface area contributed by atoms with Crippen LogP contribution in [0.5, 0.6) is 0 Å². The number of pyridine rings is 1. The number of carboxylic acid groups (broad SMARTS) is 1. The van der Waals surface area contributed by atoms with Gasteiger partial charge in [-0.1, -0.05) is 54.1 Å². The number of aromatic nitrogens is 1. The minimum absolute atomic E-state index is 0.135. The first-order chi connectivity index (χ1) is 14.1. The molecule has 5 aromatic rings. The second-order valence-electron chi connectivity index (χ2n) is 6.71. The molecule has 1 N–H and O–H groups in total. The van der Waals surface area contributed by atoms with Crippen molar-refractivity contribution in [2.75, 3.05) is 0 Å². The smallest absolute Gasteiger partial charge is 0.336 e. The van der Waals surface area contributed by atoms with E-state index in [1.165, 1.54) is 6.07 Å². The van der Waals surface area contributed by atoms with Crippen LogP contribution in [-0.4, -0.2) is 16.1 Å². The summed E-state index contributed by atoms with van der Waals surface area (Å²) >= 11 is 6.03. The number of carbonyl (C=O) groups is 1. The molecular weight excluding hydrogens is 386 g/mol. The van der Waals surface area contributed by atoms with Crippen LogP contribution in [0.15, 0.2) is 83.3 Å². The molecule has 0 amide bonds. The number of rotatable bonds is 3. The Morgan fingerprint density at radius 3 is 2.52 bits per heavy atom. The average molecular weight is 400 g/mol. The first kappa shape index (κ1) is 17.5. The molecule has 4 nitrogen and oxygen atoms in total. The van der Waals surface area contributed by atoms with Crippen LogP contribution in [0.2, 0.25) is 5.02 Å². The first-order valence-corrected chi connectivity index (χ1v) is 9.40. The molecule has 0 atom stereocenters. The van der Waals surface area contributed by atoms with Gasteiger partial charge >= 0.3 is 5.97 Å². The molecule has 140 valence electrons. The Bertz CT molecular complexity index is 1400. The largest absolute Gasteiger partial charge is 0.478 e. The molecule has 29 heavy (non-hydrogen) atoms. The Labute approximate surface area is 171 Å². The van der Waals surface area contributed by atoms with Crippen molar-refractivity contribution in [3.63, 3.8) is 0 Å². The van der Waals surface area contributed by atoms with Gasteiger partial charge in [-0.25, -0.2) is 9.78 Å². The van der Waals surface area contributed by atoms with E-state index < -0.39 is 5.97 Å². The van der Waals surface area contributed by atoms with Gasteiger partial charge in [0.1, 0.15) is 11.5 Å². The Morgan fingerprint density at radius 2 is 1.66 bits per heavy atom. The Morgan fingerprint density at radius 1 is 0.862 bits per heavy atom. The fourth-order valence-electron chi connectivity index (χ4n) is 3.56. The zero-order valence-corrected chi connectivity index (χ0v) is 15.9. The maximum atomic E-state index is 11.8. The van der Waals surface area contributed by atoms with E-state index in [4.69, 9.17) is 16.0 Å². The summed E-state index contributed by atoms with van der Waals surface area (Å²) in [6.07, 6.45) is 0. The standard InChI is InChI=1S/C24H14ClNO3/c25-15-8-9-20-18(12-15)19(24(27)28)13-21(26-20)23-11-10-22(29-23)17-7-3-5-14-4-1-2-6-16(14)17/h1-13H,(H,27,28). The summed E-state index contributed by atoms with van der Waals surface area (Å²) in [5.41, 5.74) is 2.12. The third-order valence-electron chi connectivity index (χ3n) is 4.91. The van der Waals surface area contributed by atoms with E-state index in [9.17, 15) is 9.90 Å². The normalized spacial score (nSPS) is 11.2. The summed E-state index contributed by atoms with van der Waals surface area (Å²) in [6.45, 7) is 0. The highest BCUT2D eigenvalue weighted by atomic mass is 35.5. The summed E-state index contributed by atoms with van der Waals surface area (Å²) < 4.78 is 6.09. The number of carboxylic acids is 1. The predicted octanol–water partition coefficient (Wildman–Crippen LogP) is 6.67. The number of fused-ring (bicyclic) bond motifs is 2. The van der Waals surface area contributed by atoms with E-state index in [1.54, 1.807) is 18.2 Å². The number of nitrogens with zero attached hydrogens (tertiary/aromatic N) is 1. The molecule has 0 aliphatic carbocycles. The first-order valence-electron chi connectivity index (χ1n) is 9.02. The van der Waals surface area contributed by atoms with Crippen molar-refractivity contribution in [1.82, 2.24) is 4.98 Å². The fourth-order valence-corrected chi connectivity index (χ4v) is 3.73. The van der Waals surface area contributed by atoms with Crippen LogP contribution in [-0.2, 0) is 0 Å². The fraction of sp³-hybridized carbons (Fsp3) is 0. The number of furan rings is 1. The van der Waals surface area contributed by atoms with Crippen molar-refractivity contribution in [2.45, 2.75) is 0 Å². The molecule has 0 radical (unpaired) electrons. The van der Waals surface area contributed by atoms with Gasteiger partial charge in [0.25, 0.3) is 0 Å². The number of hydrogen-bond acceptors (Lipinski definition) is 3.